The molecular formula is C18H23BrN2. The zero-order valence-electron chi connectivity index (χ0n) is 13.0. The summed E-state index contributed by atoms with van der Waals surface area (Å²) in [5, 5.41) is 3.58. The van der Waals surface area contributed by atoms with Gasteiger partial charge in [0, 0.05) is 28.8 Å². The second kappa shape index (κ2) is 7.71. The van der Waals surface area contributed by atoms with E-state index in [9.17, 15) is 0 Å². The van der Waals surface area contributed by atoms with Crippen LogP contribution in [0.3, 0.4) is 0 Å². The lowest BCUT2D eigenvalue weighted by Gasteiger charge is -2.20. The Balaban J connectivity index is 2.21. The summed E-state index contributed by atoms with van der Waals surface area (Å²) in [5.74, 6) is 0. The van der Waals surface area contributed by atoms with Crippen LogP contribution in [-0.2, 0) is 12.8 Å². The van der Waals surface area contributed by atoms with Crippen molar-refractivity contribution >= 4 is 15.9 Å². The van der Waals surface area contributed by atoms with E-state index in [-0.39, 0.29) is 0 Å². The van der Waals surface area contributed by atoms with Gasteiger partial charge in [0.2, 0.25) is 0 Å². The van der Waals surface area contributed by atoms with E-state index in [4.69, 9.17) is 0 Å². The number of hydrogen-bond donors (Lipinski definition) is 1. The fourth-order valence-electron chi connectivity index (χ4n) is 2.56. The van der Waals surface area contributed by atoms with Gasteiger partial charge in [-0.05, 0) is 54.8 Å². The third-order valence-corrected chi connectivity index (χ3v) is 4.26. The molecule has 1 unspecified atom stereocenters. The van der Waals surface area contributed by atoms with Crippen molar-refractivity contribution in [2.75, 3.05) is 6.54 Å². The molecule has 1 aromatic heterocycles. The number of aromatic nitrogens is 1. The maximum atomic E-state index is 4.60. The first kappa shape index (κ1) is 16.2. The smallest absolute Gasteiger partial charge is 0.0422 e. The monoisotopic (exact) mass is 346 g/mol. The first-order valence-corrected chi connectivity index (χ1v) is 8.36. The van der Waals surface area contributed by atoms with Gasteiger partial charge in [0.1, 0.15) is 0 Å². The maximum Gasteiger partial charge on any atom is 0.0422 e. The Morgan fingerprint density at radius 3 is 2.57 bits per heavy atom. The van der Waals surface area contributed by atoms with Crippen LogP contribution >= 0.6 is 15.9 Å². The van der Waals surface area contributed by atoms with E-state index in [1.807, 2.05) is 6.20 Å². The number of pyridine rings is 1. The van der Waals surface area contributed by atoms with E-state index < -0.39 is 0 Å². The van der Waals surface area contributed by atoms with E-state index in [0.29, 0.717) is 6.04 Å². The van der Waals surface area contributed by atoms with Crippen molar-refractivity contribution in [1.29, 1.82) is 0 Å². The van der Waals surface area contributed by atoms with Crippen LogP contribution in [0.2, 0.25) is 0 Å². The molecule has 2 aromatic rings. The number of nitrogens with one attached hydrogen (secondary N) is 1. The molecule has 1 aromatic carbocycles. The normalized spacial score (nSPS) is 12.4. The van der Waals surface area contributed by atoms with E-state index in [2.05, 4.69) is 77.3 Å². The quantitative estimate of drug-likeness (QED) is 0.826. The van der Waals surface area contributed by atoms with Crippen LogP contribution in [-0.4, -0.2) is 11.5 Å². The Kier molecular flexibility index (Phi) is 5.95. The van der Waals surface area contributed by atoms with Gasteiger partial charge in [0.05, 0.1) is 0 Å². The minimum atomic E-state index is 0.308. The first-order chi connectivity index (χ1) is 10.1. The summed E-state index contributed by atoms with van der Waals surface area (Å²) in [6, 6.07) is 11.1. The van der Waals surface area contributed by atoms with Crippen LogP contribution in [0.4, 0.5) is 0 Å². The number of nitrogens with zero attached hydrogens (tertiary/aromatic N) is 1. The van der Waals surface area contributed by atoms with Crippen molar-refractivity contribution in [1.82, 2.24) is 10.3 Å². The molecule has 0 saturated carbocycles. The van der Waals surface area contributed by atoms with Gasteiger partial charge < -0.3 is 5.32 Å². The Bertz CT molecular complexity index is 578. The highest BCUT2D eigenvalue weighted by molar-refractivity contribution is 9.10. The summed E-state index contributed by atoms with van der Waals surface area (Å²) >= 11 is 3.53. The second-order valence-corrected chi connectivity index (χ2v) is 6.24. The second-order valence-electron chi connectivity index (χ2n) is 5.33. The van der Waals surface area contributed by atoms with Crippen LogP contribution < -0.4 is 5.32 Å². The highest BCUT2D eigenvalue weighted by Gasteiger charge is 2.14. The van der Waals surface area contributed by atoms with E-state index in [1.54, 1.807) is 0 Å². The molecule has 0 aliphatic carbocycles. The SMILES string of the molecule is CCNC(Cc1ccc(CC)cn1)c1ccc(Br)cc1C. The highest BCUT2D eigenvalue weighted by Crippen LogP contribution is 2.24. The third-order valence-electron chi connectivity index (χ3n) is 3.77. The molecule has 2 rings (SSSR count). The molecule has 1 N–H and O–H groups in total. The Morgan fingerprint density at radius 2 is 2.00 bits per heavy atom. The standard InChI is InChI=1S/C18H23BrN2/c1-4-14-6-8-16(21-12-14)11-18(20-5-2)17-9-7-15(19)10-13(17)3/h6-10,12,18,20H,4-5,11H2,1-3H3. The summed E-state index contributed by atoms with van der Waals surface area (Å²) in [6.07, 6.45) is 3.95. The van der Waals surface area contributed by atoms with Gasteiger partial charge in [-0.2, -0.15) is 0 Å². The number of halogens is 1. The molecule has 3 heteroatoms. The molecule has 112 valence electrons. The van der Waals surface area contributed by atoms with Crippen molar-refractivity contribution in [3.8, 4) is 0 Å². The molecule has 0 aliphatic heterocycles. The topological polar surface area (TPSA) is 24.9 Å². The van der Waals surface area contributed by atoms with E-state index >= 15 is 0 Å². The van der Waals surface area contributed by atoms with E-state index in [0.717, 1.165) is 29.6 Å². The zero-order valence-corrected chi connectivity index (χ0v) is 14.6. The van der Waals surface area contributed by atoms with Crippen molar-refractivity contribution in [3.05, 3.63) is 63.4 Å². The molecule has 2 nitrogen and oxygen atoms in total. The largest absolute Gasteiger partial charge is 0.310 e. The van der Waals surface area contributed by atoms with Gasteiger partial charge in [-0.25, -0.2) is 0 Å². The first-order valence-electron chi connectivity index (χ1n) is 7.57. The molecule has 0 bridgehead atoms. The van der Waals surface area contributed by atoms with Gasteiger partial charge in [0.15, 0.2) is 0 Å². The summed E-state index contributed by atoms with van der Waals surface area (Å²) in [5.41, 5.74) is 5.08. The molecule has 0 radical (unpaired) electrons. The molecule has 21 heavy (non-hydrogen) atoms. The van der Waals surface area contributed by atoms with E-state index in [1.165, 1.54) is 16.7 Å². The zero-order chi connectivity index (χ0) is 15.2. The van der Waals surface area contributed by atoms with Crippen LogP contribution in [0.15, 0.2) is 41.0 Å². The summed E-state index contributed by atoms with van der Waals surface area (Å²) in [7, 11) is 0. The fourth-order valence-corrected chi connectivity index (χ4v) is 3.04. The molecule has 0 spiro atoms. The minimum Gasteiger partial charge on any atom is -0.310 e. The molecule has 0 fully saturated rings. The Labute approximate surface area is 136 Å². The molecular weight excluding hydrogens is 324 g/mol. The average molecular weight is 347 g/mol. The van der Waals surface area contributed by atoms with Crippen molar-refractivity contribution in [2.24, 2.45) is 0 Å². The number of aryl methyl sites for hydroxylation is 2. The summed E-state index contributed by atoms with van der Waals surface area (Å²) < 4.78 is 1.13. The Hall–Kier alpha value is -1.19. The fraction of sp³-hybridized carbons (Fsp3) is 0.389. The molecule has 1 atom stereocenters. The lowest BCUT2D eigenvalue weighted by Crippen LogP contribution is -2.24. The molecule has 0 aliphatic rings. The predicted octanol–water partition coefficient (Wildman–Crippen LogP) is 4.61. The van der Waals surface area contributed by atoms with Gasteiger partial charge in [0.25, 0.3) is 0 Å². The van der Waals surface area contributed by atoms with Gasteiger partial charge in [-0.1, -0.05) is 41.9 Å². The summed E-state index contributed by atoms with van der Waals surface area (Å²) in [6.45, 7) is 7.42. The van der Waals surface area contributed by atoms with Gasteiger partial charge in [-0.3, -0.25) is 4.98 Å². The van der Waals surface area contributed by atoms with Crippen molar-refractivity contribution in [3.63, 3.8) is 0 Å². The predicted molar refractivity (Wildman–Crippen MR) is 92.6 cm³/mol. The summed E-state index contributed by atoms with van der Waals surface area (Å²) in [4.78, 5) is 4.60. The highest BCUT2D eigenvalue weighted by atomic mass is 79.9. The van der Waals surface area contributed by atoms with Crippen LogP contribution in [0.1, 0.15) is 42.3 Å². The van der Waals surface area contributed by atoms with Crippen LogP contribution in [0.5, 0.6) is 0 Å². The van der Waals surface area contributed by atoms with Gasteiger partial charge >= 0.3 is 0 Å². The van der Waals surface area contributed by atoms with Crippen molar-refractivity contribution in [2.45, 2.75) is 39.7 Å². The average Bonchev–Trinajstić information content (AvgIpc) is 2.48. The lowest BCUT2D eigenvalue weighted by molar-refractivity contribution is 0.541. The van der Waals surface area contributed by atoms with Crippen molar-refractivity contribution < 1.29 is 0 Å². The number of rotatable bonds is 6. The maximum absolute atomic E-state index is 4.60. The van der Waals surface area contributed by atoms with Crippen LogP contribution in [0.25, 0.3) is 0 Å². The molecule has 0 amide bonds. The number of likely N-dealkylation sites (N-methyl/N-ethyl adjacent to an activating group) is 1. The lowest BCUT2D eigenvalue weighted by atomic mass is 9.97. The van der Waals surface area contributed by atoms with Gasteiger partial charge in [-0.15, -0.1) is 0 Å². The number of hydrogen-bond acceptors (Lipinski definition) is 2. The van der Waals surface area contributed by atoms with Crippen LogP contribution in [0, 0.1) is 6.92 Å². The Morgan fingerprint density at radius 1 is 1.19 bits per heavy atom. The molecule has 1 heterocycles. The number of benzene rings is 1. The minimum absolute atomic E-state index is 0.308. The molecule has 0 saturated heterocycles. The third kappa shape index (κ3) is 4.39.